The second kappa shape index (κ2) is 7.34. The minimum atomic E-state index is -0.340. The fourth-order valence-electron chi connectivity index (χ4n) is 4.55. The van der Waals surface area contributed by atoms with E-state index in [-0.39, 0.29) is 23.9 Å². The SMILES string of the molecule is O=C1OC(c2ccccc2)Cc2cc(C(=O)N3CC(c4nc5ccccc5[nH]4)C3)ccc21. The summed E-state index contributed by atoms with van der Waals surface area (Å²) in [5.41, 5.74) is 4.92. The van der Waals surface area contributed by atoms with Crippen molar-refractivity contribution < 1.29 is 14.3 Å². The fraction of sp³-hybridized carbons (Fsp3) is 0.192. The summed E-state index contributed by atoms with van der Waals surface area (Å²) in [7, 11) is 0. The molecule has 1 N–H and O–H groups in total. The van der Waals surface area contributed by atoms with Crippen molar-refractivity contribution in [2.45, 2.75) is 18.4 Å². The minimum absolute atomic E-state index is 0.0182. The summed E-state index contributed by atoms with van der Waals surface area (Å²) in [5, 5.41) is 0. The first kappa shape index (κ1) is 18.8. The van der Waals surface area contributed by atoms with Crippen molar-refractivity contribution >= 4 is 22.9 Å². The van der Waals surface area contributed by atoms with E-state index in [2.05, 4.69) is 9.97 Å². The van der Waals surface area contributed by atoms with Crippen LogP contribution in [0.5, 0.6) is 0 Å². The van der Waals surface area contributed by atoms with Crippen molar-refractivity contribution in [3.8, 4) is 0 Å². The number of para-hydroxylation sites is 2. The molecule has 1 amide bonds. The van der Waals surface area contributed by atoms with E-state index in [4.69, 9.17) is 4.74 Å². The monoisotopic (exact) mass is 423 g/mol. The Hall–Kier alpha value is -3.93. The number of nitrogens with one attached hydrogen (secondary N) is 1. The number of benzene rings is 3. The fourth-order valence-corrected chi connectivity index (χ4v) is 4.55. The van der Waals surface area contributed by atoms with E-state index in [1.165, 1.54) is 0 Å². The lowest BCUT2D eigenvalue weighted by atomic mass is 9.92. The second-order valence-electron chi connectivity index (χ2n) is 8.43. The van der Waals surface area contributed by atoms with Crippen LogP contribution in [-0.2, 0) is 11.2 Å². The third-order valence-electron chi connectivity index (χ3n) is 6.36. The summed E-state index contributed by atoms with van der Waals surface area (Å²) in [4.78, 5) is 35.4. The maximum atomic E-state index is 13.1. The van der Waals surface area contributed by atoms with Gasteiger partial charge in [-0.2, -0.15) is 0 Å². The second-order valence-corrected chi connectivity index (χ2v) is 8.43. The highest BCUT2D eigenvalue weighted by Crippen LogP contribution is 2.32. The molecule has 6 rings (SSSR count). The number of carbonyl (C=O) groups excluding carboxylic acids is 2. The maximum absolute atomic E-state index is 13.1. The maximum Gasteiger partial charge on any atom is 0.339 e. The molecule has 2 aliphatic heterocycles. The van der Waals surface area contributed by atoms with Gasteiger partial charge in [-0.3, -0.25) is 4.79 Å². The van der Waals surface area contributed by atoms with Gasteiger partial charge in [0.05, 0.1) is 22.5 Å². The molecule has 158 valence electrons. The number of fused-ring (bicyclic) bond motifs is 2. The summed E-state index contributed by atoms with van der Waals surface area (Å²) in [6.45, 7) is 1.26. The van der Waals surface area contributed by atoms with Gasteiger partial charge in [0.25, 0.3) is 5.91 Å². The lowest BCUT2D eigenvalue weighted by molar-refractivity contribution is 0.0252. The zero-order chi connectivity index (χ0) is 21.7. The van der Waals surface area contributed by atoms with E-state index >= 15 is 0 Å². The van der Waals surface area contributed by atoms with Crippen molar-refractivity contribution in [3.63, 3.8) is 0 Å². The number of H-pyrrole nitrogens is 1. The van der Waals surface area contributed by atoms with Crippen LogP contribution in [-0.4, -0.2) is 39.8 Å². The smallest absolute Gasteiger partial charge is 0.339 e. The molecule has 32 heavy (non-hydrogen) atoms. The Bertz CT molecular complexity index is 1310. The molecule has 1 saturated heterocycles. The standard InChI is InChI=1S/C26H21N3O3/c30-25(29-14-19(15-29)24-27-21-8-4-5-9-22(21)28-24)17-10-11-20-18(12-17)13-23(32-26(20)31)16-6-2-1-3-7-16/h1-12,19,23H,13-15H2,(H,27,28). The first-order valence-corrected chi connectivity index (χ1v) is 10.8. The zero-order valence-corrected chi connectivity index (χ0v) is 17.3. The van der Waals surface area contributed by atoms with Gasteiger partial charge in [-0.05, 0) is 41.5 Å². The van der Waals surface area contributed by atoms with Crippen LogP contribution in [0.4, 0.5) is 0 Å². The van der Waals surface area contributed by atoms with E-state index in [9.17, 15) is 9.59 Å². The molecule has 0 spiro atoms. The van der Waals surface area contributed by atoms with E-state index in [1.54, 1.807) is 12.1 Å². The average molecular weight is 423 g/mol. The Morgan fingerprint density at radius 1 is 1.00 bits per heavy atom. The van der Waals surface area contributed by atoms with Crippen LogP contribution in [0.2, 0.25) is 0 Å². The van der Waals surface area contributed by atoms with Gasteiger partial charge in [-0.15, -0.1) is 0 Å². The highest BCUT2D eigenvalue weighted by Gasteiger charge is 2.35. The summed E-state index contributed by atoms with van der Waals surface area (Å²) in [6, 6.07) is 22.9. The van der Waals surface area contributed by atoms with Crippen molar-refractivity contribution in [1.82, 2.24) is 14.9 Å². The molecular formula is C26H21N3O3. The van der Waals surface area contributed by atoms with Crippen LogP contribution in [0.25, 0.3) is 11.0 Å². The van der Waals surface area contributed by atoms with E-state index in [0.717, 1.165) is 28.0 Å². The molecule has 4 aromatic rings. The van der Waals surface area contributed by atoms with Gasteiger partial charge in [-0.1, -0.05) is 42.5 Å². The largest absolute Gasteiger partial charge is 0.454 e. The lowest BCUT2D eigenvalue weighted by Crippen LogP contribution is -2.48. The zero-order valence-electron chi connectivity index (χ0n) is 17.3. The Balaban J connectivity index is 1.19. The van der Waals surface area contributed by atoms with Gasteiger partial charge in [-0.25, -0.2) is 9.78 Å². The van der Waals surface area contributed by atoms with Crippen LogP contribution >= 0.6 is 0 Å². The topological polar surface area (TPSA) is 75.3 Å². The van der Waals surface area contributed by atoms with Crippen molar-refractivity contribution in [2.24, 2.45) is 0 Å². The molecule has 1 aromatic heterocycles. The van der Waals surface area contributed by atoms with Crippen LogP contribution in [0.15, 0.2) is 72.8 Å². The summed E-state index contributed by atoms with van der Waals surface area (Å²) in [6.07, 6.45) is 0.233. The van der Waals surface area contributed by atoms with Crippen LogP contribution in [0.3, 0.4) is 0 Å². The number of likely N-dealkylation sites (tertiary alicyclic amines) is 1. The molecule has 0 saturated carbocycles. The van der Waals surface area contributed by atoms with Gasteiger partial charge in [0.2, 0.25) is 0 Å². The van der Waals surface area contributed by atoms with E-state index in [0.29, 0.717) is 30.6 Å². The van der Waals surface area contributed by atoms with Gasteiger partial charge >= 0.3 is 5.97 Å². The molecule has 0 bridgehead atoms. The molecule has 0 aliphatic carbocycles. The first-order valence-electron chi connectivity index (χ1n) is 10.8. The summed E-state index contributed by atoms with van der Waals surface area (Å²) >= 11 is 0. The van der Waals surface area contributed by atoms with E-state index in [1.807, 2.05) is 65.6 Å². The van der Waals surface area contributed by atoms with Gasteiger partial charge in [0.1, 0.15) is 11.9 Å². The predicted molar refractivity (Wildman–Crippen MR) is 119 cm³/mol. The molecule has 3 heterocycles. The van der Waals surface area contributed by atoms with Gasteiger partial charge < -0.3 is 14.6 Å². The van der Waals surface area contributed by atoms with Crippen LogP contribution in [0.1, 0.15) is 49.7 Å². The Morgan fingerprint density at radius 3 is 2.59 bits per heavy atom. The number of amides is 1. The Kier molecular flexibility index (Phi) is 4.31. The summed E-state index contributed by atoms with van der Waals surface area (Å²) in [5.74, 6) is 0.777. The Morgan fingerprint density at radius 2 is 1.78 bits per heavy atom. The predicted octanol–water partition coefficient (Wildman–Crippen LogP) is 4.26. The number of esters is 1. The lowest BCUT2D eigenvalue weighted by Gasteiger charge is -2.38. The number of aromatic amines is 1. The van der Waals surface area contributed by atoms with Crippen LogP contribution < -0.4 is 0 Å². The highest BCUT2D eigenvalue weighted by molar-refractivity contribution is 5.98. The first-order chi connectivity index (χ1) is 15.7. The molecule has 1 fully saturated rings. The normalized spacial score (nSPS) is 18.2. The third-order valence-corrected chi connectivity index (χ3v) is 6.36. The average Bonchev–Trinajstić information content (AvgIpc) is 3.21. The minimum Gasteiger partial charge on any atom is -0.454 e. The van der Waals surface area contributed by atoms with Gasteiger partial charge in [0.15, 0.2) is 0 Å². The molecule has 6 nitrogen and oxygen atoms in total. The number of carbonyl (C=O) groups is 2. The Labute approximate surface area is 184 Å². The number of hydrogen-bond donors (Lipinski definition) is 1. The van der Waals surface area contributed by atoms with E-state index < -0.39 is 0 Å². The van der Waals surface area contributed by atoms with Crippen molar-refractivity contribution in [3.05, 3.63) is 101 Å². The number of nitrogens with zero attached hydrogens (tertiary/aromatic N) is 2. The number of ether oxygens (including phenoxy) is 1. The quantitative estimate of drug-likeness (QED) is 0.500. The summed E-state index contributed by atoms with van der Waals surface area (Å²) < 4.78 is 5.62. The number of imidazole rings is 1. The molecule has 0 radical (unpaired) electrons. The molecule has 1 atom stereocenters. The van der Waals surface area contributed by atoms with Crippen molar-refractivity contribution in [1.29, 1.82) is 0 Å². The highest BCUT2D eigenvalue weighted by atomic mass is 16.5. The number of aromatic nitrogens is 2. The third kappa shape index (κ3) is 3.15. The molecule has 2 aliphatic rings. The van der Waals surface area contributed by atoms with Crippen LogP contribution in [0, 0.1) is 0 Å². The molecular weight excluding hydrogens is 402 g/mol. The van der Waals surface area contributed by atoms with Crippen molar-refractivity contribution in [2.75, 3.05) is 13.1 Å². The number of rotatable bonds is 3. The number of cyclic esters (lactones) is 1. The number of hydrogen-bond acceptors (Lipinski definition) is 4. The molecule has 3 aromatic carbocycles. The molecule has 6 heteroatoms. The van der Waals surface area contributed by atoms with Gasteiger partial charge in [0, 0.05) is 25.1 Å². The molecule has 1 unspecified atom stereocenters.